The van der Waals surface area contributed by atoms with Crippen molar-refractivity contribution in [2.75, 3.05) is 0 Å². The van der Waals surface area contributed by atoms with Gasteiger partial charge in [-0.3, -0.25) is 0 Å². The Balaban J connectivity index is 1.06. The third-order valence-corrected chi connectivity index (χ3v) is 11.1. The summed E-state index contributed by atoms with van der Waals surface area (Å²) in [6.07, 6.45) is 0. The molecule has 0 N–H and O–H groups in total. The maximum absolute atomic E-state index is 6.49. The van der Waals surface area contributed by atoms with Crippen LogP contribution in [0.2, 0.25) is 0 Å². The van der Waals surface area contributed by atoms with Gasteiger partial charge < -0.3 is 4.42 Å². The fraction of sp³-hybridized carbons (Fsp3) is 0. The van der Waals surface area contributed by atoms with Gasteiger partial charge in [-0.15, -0.1) is 0 Å². The number of nitrogens with zero attached hydrogens (tertiary/aromatic N) is 2. The summed E-state index contributed by atoms with van der Waals surface area (Å²) in [5.74, 6) is 0.653. The van der Waals surface area contributed by atoms with Crippen molar-refractivity contribution in [3.05, 3.63) is 206 Å². The van der Waals surface area contributed by atoms with Crippen LogP contribution >= 0.6 is 0 Å². The second kappa shape index (κ2) is 13.6. The molecular formula is C54H34N2O. The molecule has 0 atom stereocenters. The van der Waals surface area contributed by atoms with E-state index in [1.54, 1.807) is 0 Å². The average molecular weight is 727 g/mol. The molecule has 0 amide bonds. The van der Waals surface area contributed by atoms with Crippen molar-refractivity contribution in [2.45, 2.75) is 0 Å². The number of rotatable bonds is 6. The van der Waals surface area contributed by atoms with Crippen molar-refractivity contribution in [1.29, 1.82) is 0 Å². The first kappa shape index (κ1) is 32.8. The first-order valence-electron chi connectivity index (χ1n) is 19.3. The van der Waals surface area contributed by atoms with Gasteiger partial charge in [0.05, 0.1) is 0 Å². The Bertz CT molecular complexity index is 3230. The van der Waals surface area contributed by atoms with Crippen LogP contribution < -0.4 is 0 Å². The molecule has 9 aromatic carbocycles. The molecule has 3 nitrogen and oxygen atoms in total. The lowest BCUT2D eigenvalue weighted by Gasteiger charge is -2.18. The van der Waals surface area contributed by atoms with Crippen LogP contribution in [0.25, 0.3) is 111 Å². The van der Waals surface area contributed by atoms with Gasteiger partial charge in [0.15, 0.2) is 11.4 Å². The van der Waals surface area contributed by atoms with Crippen LogP contribution in [0.3, 0.4) is 0 Å². The molecule has 0 radical (unpaired) electrons. The largest absolute Gasteiger partial charge is 0.452 e. The van der Waals surface area contributed by atoms with Gasteiger partial charge in [-0.2, -0.15) is 0 Å². The predicted molar refractivity (Wildman–Crippen MR) is 237 cm³/mol. The van der Waals surface area contributed by atoms with E-state index in [1.165, 1.54) is 43.8 Å². The zero-order chi connectivity index (χ0) is 37.7. The van der Waals surface area contributed by atoms with Crippen LogP contribution in [-0.2, 0) is 0 Å². The van der Waals surface area contributed by atoms with Crippen LogP contribution in [0.1, 0.15) is 0 Å². The van der Waals surface area contributed by atoms with E-state index >= 15 is 0 Å². The lowest BCUT2D eigenvalue weighted by molar-refractivity contribution is 0.667. The van der Waals surface area contributed by atoms with Crippen LogP contribution in [0.15, 0.2) is 211 Å². The summed E-state index contributed by atoms with van der Waals surface area (Å²) < 4.78 is 6.49. The highest BCUT2D eigenvalue weighted by Gasteiger charge is 2.20. The number of fused-ring (bicyclic) bond motifs is 5. The van der Waals surface area contributed by atoms with Gasteiger partial charge >= 0.3 is 0 Å². The van der Waals surface area contributed by atoms with Crippen molar-refractivity contribution in [1.82, 2.24) is 9.97 Å². The quantitative estimate of drug-likeness (QED) is 0.160. The molecule has 3 heteroatoms. The average Bonchev–Trinajstić information content (AvgIpc) is 3.67. The van der Waals surface area contributed by atoms with E-state index in [9.17, 15) is 0 Å². The molecule has 57 heavy (non-hydrogen) atoms. The summed E-state index contributed by atoms with van der Waals surface area (Å²) in [6, 6.07) is 72.9. The highest BCUT2D eigenvalue weighted by atomic mass is 16.3. The number of benzene rings is 9. The second-order valence-corrected chi connectivity index (χ2v) is 14.5. The molecular weight excluding hydrogens is 693 g/mol. The van der Waals surface area contributed by atoms with Gasteiger partial charge in [0.1, 0.15) is 16.8 Å². The molecule has 11 aromatic rings. The van der Waals surface area contributed by atoms with Crippen LogP contribution in [0.4, 0.5) is 0 Å². The number of furan rings is 1. The fourth-order valence-corrected chi connectivity index (χ4v) is 8.44. The van der Waals surface area contributed by atoms with E-state index in [4.69, 9.17) is 14.4 Å². The first-order valence-corrected chi connectivity index (χ1v) is 19.3. The molecule has 0 aliphatic heterocycles. The van der Waals surface area contributed by atoms with E-state index < -0.39 is 0 Å². The summed E-state index contributed by atoms with van der Waals surface area (Å²) in [6.45, 7) is 0. The molecule has 0 bridgehead atoms. The van der Waals surface area contributed by atoms with Gasteiger partial charge in [0, 0.05) is 16.5 Å². The molecule has 0 aliphatic carbocycles. The fourth-order valence-electron chi connectivity index (χ4n) is 8.44. The minimum Gasteiger partial charge on any atom is -0.452 e. The van der Waals surface area contributed by atoms with Crippen molar-refractivity contribution in [2.24, 2.45) is 0 Å². The Labute approximate surface area is 330 Å². The second-order valence-electron chi connectivity index (χ2n) is 14.5. The predicted octanol–water partition coefficient (Wildman–Crippen LogP) is 14.7. The van der Waals surface area contributed by atoms with Crippen LogP contribution in [0.5, 0.6) is 0 Å². The monoisotopic (exact) mass is 726 g/mol. The highest BCUT2D eigenvalue weighted by molar-refractivity contribution is 6.21. The van der Waals surface area contributed by atoms with E-state index in [0.29, 0.717) is 11.4 Å². The lowest BCUT2D eigenvalue weighted by Crippen LogP contribution is -1.94. The van der Waals surface area contributed by atoms with Gasteiger partial charge in [-0.05, 0) is 96.4 Å². The zero-order valence-electron chi connectivity index (χ0n) is 30.9. The zero-order valence-corrected chi connectivity index (χ0v) is 30.9. The first-order chi connectivity index (χ1) is 28.3. The molecule has 0 spiro atoms. The SMILES string of the molecule is c1ccc(-c2cccc(-c3nc(-c4cccc(-c5cccc(-c6c7ccccc7c(-c7ccccc7)c7ccccc67)c5)c4)nc4c3oc3ccccc34)c2)cc1. The van der Waals surface area contributed by atoms with Crippen molar-refractivity contribution >= 4 is 43.6 Å². The summed E-state index contributed by atoms with van der Waals surface area (Å²) in [5.41, 5.74) is 14.4. The number of hydrogen-bond acceptors (Lipinski definition) is 3. The Hall–Kier alpha value is -7.62. The van der Waals surface area contributed by atoms with Gasteiger partial charge in [-0.1, -0.05) is 176 Å². The molecule has 0 unspecified atom stereocenters. The number of hydrogen-bond donors (Lipinski definition) is 0. The standard InChI is InChI=1S/C54H34N2O/c1-3-16-35(17-4-1)37-20-14-24-41(33-37)51-53-52(47-30-11-12-31-48(47)57-53)56-54(55-51)42-25-15-22-39(34-42)38-21-13-23-40(32-38)50-45-28-9-7-26-43(45)49(36-18-5-2-6-19-36)44-27-8-10-29-46(44)50/h1-34H. The maximum atomic E-state index is 6.49. The third-order valence-electron chi connectivity index (χ3n) is 11.1. The molecule has 266 valence electrons. The Morgan fingerprint density at radius 3 is 1.35 bits per heavy atom. The molecule has 0 saturated heterocycles. The van der Waals surface area contributed by atoms with E-state index in [2.05, 4.69) is 182 Å². The van der Waals surface area contributed by atoms with E-state index in [1.807, 2.05) is 24.3 Å². The van der Waals surface area contributed by atoms with Crippen molar-refractivity contribution in [3.8, 4) is 67.2 Å². The molecule has 2 heterocycles. The van der Waals surface area contributed by atoms with Crippen molar-refractivity contribution in [3.63, 3.8) is 0 Å². The van der Waals surface area contributed by atoms with Gasteiger partial charge in [-0.25, -0.2) is 9.97 Å². The minimum absolute atomic E-state index is 0.653. The topological polar surface area (TPSA) is 38.9 Å². The van der Waals surface area contributed by atoms with E-state index in [0.717, 1.165) is 55.6 Å². The summed E-state index contributed by atoms with van der Waals surface area (Å²) in [5, 5.41) is 5.93. The molecule has 2 aromatic heterocycles. The molecule has 0 aliphatic rings. The lowest BCUT2D eigenvalue weighted by atomic mass is 9.85. The van der Waals surface area contributed by atoms with Crippen molar-refractivity contribution < 1.29 is 4.42 Å². The molecule has 11 rings (SSSR count). The maximum Gasteiger partial charge on any atom is 0.180 e. The van der Waals surface area contributed by atoms with Crippen LogP contribution in [-0.4, -0.2) is 9.97 Å². The van der Waals surface area contributed by atoms with E-state index in [-0.39, 0.29) is 0 Å². The summed E-state index contributed by atoms with van der Waals surface area (Å²) in [4.78, 5) is 10.5. The molecule has 0 saturated carbocycles. The Morgan fingerprint density at radius 1 is 0.298 bits per heavy atom. The van der Waals surface area contributed by atoms with Crippen LogP contribution in [0, 0.1) is 0 Å². The molecule has 0 fully saturated rings. The Morgan fingerprint density at radius 2 is 0.719 bits per heavy atom. The smallest absolute Gasteiger partial charge is 0.180 e. The third kappa shape index (κ3) is 5.68. The summed E-state index contributed by atoms with van der Waals surface area (Å²) >= 11 is 0. The van der Waals surface area contributed by atoms with Gasteiger partial charge in [0.25, 0.3) is 0 Å². The highest BCUT2D eigenvalue weighted by Crippen LogP contribution is 2.44. The number of para-hydroxylation sites is 1. The van der Waals surface area contributed by atoms with Gasteiger partial charge in [0.2, 0.25) is 0 Å². The Kier molecular flexibility index (Phi) is 7.82. The number of aromatic nitrogens is 2. The normalized spacial score (nSPS) is 11.5. The minimum atomic E-state index is 0.653. The summed E-state index contributed by atoms with van der Waals surface area (Å²) in [7, 11) is 0.